The summed E-state index contributed by atoms with van der Waals surface area (Å²) in [6.45, 7) is 6.83. The highest BCUT2D eigenvalue weighted by atomic mass is 32.1. The van der Waals surface area contributed by atoms with Gasteiger partial charge in [0.15, 0.2) is 5.13 Å². The molecule has 1 aromatic heterocycles. The quantitative estimate of drug-likeness (QED) is 0.798. The molecule has 1 saturated heterocycles. The Bertz CT molecular complexity index is 498. The predicted octanol–water partition coefficient (Wildman–Crippen LogP) is 2.33. The van der Waals surface area contributed by atoms with Crippen molar-refractivity contribution in [3.63, 3.8) is 0 Å². The van der Waals surface area contributed by atoms with Crippen molar-refractivity contribution in [2.75, 3.05) is 31.3 Å². The van der Waals surface area contributed by atoms with Gasteiger partial charge in [-0.2, -0.15) is 0 Å². The van der Waals surface area contributed by atoms with Crippen LogP contribution in [-0.2, 0) is 9.47 Å². The van der Waals surface area contributed by atoms with Gasteiger partial charge in [0.25, 0.3) is 0 Å². The minimum Gasteiger partial charge on any atom is -0.462 e. The minimum atomic E-state index is -0.279. The Kier molecular flexibility index (Phi) is 3.69. The van der Waals surface area contributed by atoms with Gasteiger partial charge in [-0.05, 0) is 25.2 Å². The number of hydrogen-bond donors (Lipinski definition) is 0. The maximum Gasteiger partial charge on any atom is 0.350 e. The van der Waals surface area contributed by atoms with Crippen molar-refractivity contribution in [3.8, 4) is 0 Å². The summed E-state index contributed by atoms with van der Waals surface area (Å²) < 4.78 is 10.7. The predicted molar refractivity (Wildman–Crippen MR) is 77.4 cm³/mol. The minimum absolute atomic E-state index is 0.279. The van der Waals surface area contributed by atoms with Crippen LogP contribution in [0.1, 0.15) is 36.4 Å². The summed E-state index contributed by atoms with van der Waals surface area (Å²) in [6.07, 6.45) is 4.11. The van der Waals surface area contributed by atoms with Crippen LogP contribution in [-0.4, -0.2) is 43.4 Å². The second-order valence-corrected chi connectivity index (χ2v) is 6.67. The van der Waals surface area contributed by atoms with E-state index in [1.54, 1.807) is 6.20 Å². The van der Waals surface area contributed by atoms with E-state index in [4.69, 9.17) is 9.47 Å². The number of aromatic nitrogens is 1. The van der Waals surface area contributed by atoms with Gasteiger partial charge in [0.2, 0.25) is 0 Å². The highest BCUT2D eigenvalue weighted by Gasteiger charge is 2.49. The maximum absolute atomic E-state index is 11.7. The van der Waals surface area contributed by atoms with E-state index in [0.717, 1.165) is 24.9 Å². The highest BCUT2D eigenvalue weighted by molar-refractivity contribution is 7.17. The van der Waals surface area contributed by atoms with E-state index in [2.05, 4.69) is 16.8 Å². The van der Waals surface area contributed by atoms with E-state index in [9.17, 15) is 4.79 Å². The van der Waals surface area contributed by atoms with Gasteiger partial charge in [-0.1, -0.05) is 18.3 Å². The first-order valence-electron chi connectivity index (χ1n) is 7.11. The van der Waals surface area contributed by atoms with Crippen molar-refractivity contribution in [2.45, 2.75) is 32.7 Å². The zero-order valence-corrected chi connectivity index (χ0v) is 12.7. The lowest BCUT2D eigenvalue weighted by Gasteiger charge is -2.39. The average Bonchev–Trinajstić information content (AvgIpc) is 3.03. The molecular weight excluding hydrogens is 276 g/mol. The van der Waals surface area contributed by atoms with Crippen LogP contribution < -0.4 is 4.90 Å². The molecule has 3 rings (SSSR count). The molecular formula is C14H20N2O3S. The molecule has 0 bridgehead atoms. The third kappa shape index (κ3) is 2.54. The van der Waals surface area contributed by atoms with Crippen molar-refractivity contribution in [2.24, 2.45) is 5.41 Å². The first-order chi connectivity index (χ1) is 9.64. The largest absolute Gasteiger partial charge is 0.462 e. The molecule has 0 spiro atoms. The molecule has 20 heavy (non-hydrogen) atoms. The topological polar surface area (TPSA) is 51.7 Å². The van der Waals surface area contributed by atoms with Crippen molar-refractivity contribution in [1.29, 1.82) is 0 Å². The zero-order valence-electron chi connectivity index (χ0n) is 11.9. The van der Waals surface area contributed by atoms with Crippen molar-refractivity contribution < 1.29 is 14.3 Å². The van der Waals surface area contributed by atoms with Crippen LogP contribution in [0.25, 0.3) is 0 Å². The molecule has 0 N–H and O–H groups in total. The van der Waals surface area contributed by atoms with Crippen LogP contribution >= 0.6 is 11.3 Å². The Labute approximate surface area is 122 Å². The van der Waals surface area contributed by atoms with Gasteiger partial charge in [-0.25, -0.2) is 9.78 Å². The fourth-order valence-corrected chi connectivity index (χ4v) is 3.52. The van der Waals surface area contributed by atoms with Gasteiger partial charge in [-0.3, -0.25) is 0 Å². The highest BCUT2D eigenvalue weighted by Crippen LogP contribution is 2.51. The Balaban J connectivity index is 1.78. The van der Waals surface area contributed by atoms with Gasteiger partial charge in [0, 0.05) is 6.54 Å². The first kappa shape index (κ1) is 13.8. The van der Waals surface area contributed by atoms with Gasteiger partial charge >= 0.3 is 5.97 Å². The molecule has 1 aliphatic carbocycles. The second-order valence-electron chi connectivity index (χ2n) is 5.67. The van der Waals surface area contributed by atoms with Crippen LogP contribution in [0.3, 0.4) is 0 Å². The first-order valence-corrected chi connectivity index (χ1v) is 7.93. The molecule has 110 valence electrons. The molecule has 5 nitrogen and oxygen atoms in total. The molecule has 2 fully saturated rings. The standard InChI is InChI=1S/C14H20N2O3S/c1-3-19-12(17)10-8-15-13(20-10)16-6-7-18-9-11(16)14(2)4-5-14/h8,11H,3-7,9H2,1-2H3. The summed E-state index contributed by atoms with van der Waals surface area (Å²) in [4.78, 5) is 19.0. The molecule has 2 aliphatic rings. The van der Waals surface area contributed by atoms with Crippen LogP contribution in [0.4, 0.5) is 5.13 Å². The van der Waals surface area contributed by atoms with E-state index < -0.39 is 0 Å². The smallest absolute Gasteiger partial charge is 0.350 e. The van der Waals surface area contributed by atoms with Crippen LogP contribution in [0, 0.1) is 5.41 Å². The SMILES string of the molecule is CCOC(=O)c1cnc(N2CCOCC2C2(C)CC2)s1. The molecule has 1 aromatic rings. The Morgan fingerprint density at radius 3 is 3.15 bits per heavy atom. The number of nitrogens with zero attached hydrogens (tertiary/aromatic N) is 2. The van der Waals surface area contributed by atoms with Gasteiger partial charge in [0.1, 0.15) is 4.88 Å². The maximum atomic E-state index is 11.7. The van der Waals surface area contributed by atoms with E-state index >= 15 is 0 Å². The monoisotopic (exact) mass is 296 g/mol. The molecule has 0 aromatic carbocycles. The molecule has 1 unspecified atom stereocenters. The summed E-state index contributed by atoms with van der Waals surface area (Å²) in [6, 6.07) is 0.373. The van der Waals surface area contributed by atoms with Crippen LogP contribution in [0.5, 0.6) is 0 Å². The molecule has 1 aliphatic heterocycles. The molecule has 2 heterocycles. The van der Waals surface area contributed by atoms with E-state index in [1.807, 2.05) is 6.92 Å². The lowest BCUT2D eigenvalue weighted by molar-refractivity contribution is 0.0532. The van der Waals surface area contributed by atoms with Crippen molar-refractivity contribution in [3.05, 3.63) is 11.1 Å². The number of thiazole rings is 1. The average molecular weight is 296 g/mol. The lowest BCUT2D eigenvalue weighted by atomic mass is 9.97. The summed E-state index contributed by atoms with van der Waals surface area (Å²) in [5.41, 5.74) is 0.343. The lowest BCUT2D eigenvalue weighted by Crippen LogP contribution is -2.49. The molecule has 0 radical (unpaired) electrons. The third-order valence-electron chi connectivity index (χ3n) is 4.19. The van der Waals surface area contributed by atoms with E-state index in [0.29, 0.717) is 22.9 Å². The number of morpholine rings is 1. The van der Waals surface area contributed by atoms with Crippen molar-refractivity contribution >= 4 is 22.4 Å². The number of carbonyl (C=O) groups excluding carboxylic acids is 1. The number of hydrogen-bond acceptors (Lipinski definition) is 6. The van der Waals surface area contributed by atoms with Crippen molar-refractivity contribution in [1.82, 2.24) is 4.98 Å². The van der Waals surface area contributed by atoms with Gasteiger partial charge in [0.05, 0.1) is 32.1 Å². The molecule has 1 atom stereocenters. The van der Waals surface area contributed by atoms with E-state index in [-0.39, 0.29) is 5.97 Å². The van der Waals surface area contributed by atoms with Crippen LogP contribution in [0.2, 0.25) is 0 Å². The molecule has 0 amide bonds. The number of ether oxygens (including phenoxy) is 2. The number of carbonyl (C=O) groups is 1. The Hall–Kier alpha value is -1.14. The summed E-state index contributed by atoms with van der Waals surface area (Å²) in [7, 11) is 0. The molecule has 1 saturated carbocycles. The number of esters is 1. The Morgan fingerprint density at radius 1 is 1.65 bits per heavy atom. The van der Waals surface area contributed by atoms with Gasteiger partial charge in [-0.15, -0.1) is 0 Å². The third-order valence-corrected chi connectivity index (χ3v) is 5.20. The summed E-state index contributed by atoms with van der Waals surface area (Å²) >= 11 is 1.42. The fourth-order valence-electron chi connectivity index (χ4n) is 2.63. The van der Waals surface area contributed by atoms with Gasteiger partial charge < -0.3 is 14.4 Å². The second kappa shape index (κ2) is 5.33. The van der Waals surface area contributed by atoms with E-state index in [1.165, 1.54) is 24.2 Å². The zero-order chi connectivity index (χ0) is 14.2. The normalized spacial score (nSPS) is 24.5. The molecule has 6 heteroatoms. The number of rotatable bonds is 4. The van der Waals surface area contributed by atoms with Crippen LogP contribution in [0.15, 0.2) is 6.20 Å². The number of anilines is 1. The summed E-state index contributed by atoms with van der Waals surface area (Å²) in [5, 5.41) is 0.912. The summed E-state index contributed by atoms with van der Waals surface area (Å²) in [5.74, 6) is -0.279. The Morgan fingerprint density at radius 2 is 2.45 bits per heavy atom. The fraction of sp³-hybridized carbons (Fsp3) is 0.714.